The van der Waals surface area contributed by atoms with E-state index in [4.69, 9.17) is 4.74 Å². The van der Waals surface area contributed by atoms with Crippen LogP contribution in [0.5, 0.6) is 0 Å². The third-order valence-corrected chi connectivity index (χ3v) is 4.05. The Labute approximate surface area is 137 Å². The van der Waals surface area contributed by atoms with E-state index in [2.05, 4.69) is 5.32 Å². The topological polar surface area (TPSA) is 41.5 Å². The molecule has 0 radical (unpaired) electrons. The first-order valence-corrected chi connectivity index (χ1v) is 7.43. The van der Waals surface area contributed by atoms with Crippen molar-refractivity contribution in [3.05, 3.63) is 71.8 Å². The number of ether oxygens (including phenoxy) is 1. The van der Waals surface area contributed by atoms with Crippen LogP contribution < -0.4 is 5.32 Å². The van der Waals surface area contributed by atoms with Crippen LogP contribution in [0.15, 0.2) is 60.7 Å². The molecule has 2 N–H and O–H groups in total. The Hall–Kier alpha value is -1.39. The van der Waals surface area contributed by atoms with Gasteiger partial charge < -0.3 is 15.2 Å². The van der Waals surface area contributed by atoms with Crippen molar-refractivity contribution in [3.63, 3.8) is 0 Å². The molecular formula is C18H22ClNO2. The summed E-state index contributed by atoms with van der Waals surface area (Å²) in [6.07, 6.45) is 0.304. The average molecular weight is 320 g/mol. The van der Waals surface area contributed by atoms with Crippen LogP contribution >= 0.6 is 12.4 Å². The first kappa shape index (κ1) is 17.0. The van der Waals surface area contributed by atoms with Crippen molar-refractivity contribution in [2.45, 2.75) is 18.1 Å². The van der Waals surface area contributed by atoms with Crippen LogP contribution in [0.3, 0.4) is 0 Å². The number of halogens is 1. The second-order valence-electron chi connectivity index (χ2n) is 5.52. The van der Waals surface area contributed by atoms with Crippen molar-refractivity contribution in [1.82, 2.24) is 5.32 Å². The van der Waals surface area contributed by atoms with Crippen molar-refractivity contribution in [2.75, 3.05) is 19.7 Å². The summed E-state index contributed by atoms with van der Waals surface area (Å²) in [6.45, 7) is 2.14. The molecule has 0 bridgehead atoms. The first-order valence-electron chi connectivity index (χ1n) is 7.43. The molecule has 0 spiro atoms. The molecule has 2 aromatic rings. The number of nitrogens with one attached hydrogen (secondary N) is 1. The maximum atomic E-state index is 11.4. The number of benzene rings is 2. The zero-order valence-electron chi connectivity index (χ0n) is 12.4. The van der Waals surface area contributed by atoms with E-state index in [1.165, 1.54) is 0 Å². The summed E-state index contributed by atoms with van der Waals surface area (Å²) in [4.78, 5) is 0. The van der Waals surface area contributed by atoms with Gasteiger partial charge in [-0.25, -0.2) is 0 Å². The van der Waals surface area contributed by atoms with Gasteiger partial charge in [0.05, 0.1) is 6.61 Å². The van der Waals surface area contributed by atoms with Crippen LogP contribution in [0.2, 0.25) is 0 Å². The highest BCUT2D eigenvalue weighted by Gasteiger charge is 2.40. The molecule has 22 heavy (non-hydrogen) atoms. The van der Waals surface area contributed by atoms with Crippen LogP contribution in [0.4, 0.5) is 0 Å². The highest BCUT2D eigenvalue weighted by molar-refractivity contribution is 5.85. The van der Waals surface area contributed by atoms with Crippen molar-refractivity contribution in [2.24, 2.45) is 0 Å². The second-order valence-corrected chi connectivity index (χ2v) is 5.52. The number of rotatable bonds is 4. The Morgan fingerprint density at radius 1 is 1.05 bits per heavy atom. The minimum Gasteiger partial charge on any atom is -0.382 e. The summed E-state index contributed by atoms with van der Waals surface area (Å²) < 4.78 is 5.86. The smallest absolute Gasteiger partial charge is 0.121 e. The largest absolute Gasteiger partial charge is 0.382 e. The Balaban J connectivity index is 0.00000176. The lowest BCUT2D eigenvalue weighted by molar-refractivity contribution is -0.124. The van der Waals surface area contributed by atoms with Gasteiger partial charge in [0.2, 0.25) is 0 Å². The zero-order chi connectivity index (χ0) is 14.5. The van der Waals surface area contributed by atoms with E-state index in [9.17, 15) is 5.11 Å². The third kappa shape index (κ3) is 3.68. The molecule has 0 aliphatic carbocycles. The molecule has 0 saturated carbocycles. The van der Waals surface area contributed by atoms with E-state index in [1.807, 2.05) is 60.7 Å². The fourth-order valence-electron chi connectivity index (χ4n) is 2.91. The SMILES string of the molecule is Cl.OC(Cc1ccccc1)(c1ccccc1)C1CNCCO1. The molecule has 2 aromatic carbocycles. The Morgan fingerprint density at radius 2 is 1.68 bits per heavy atom. The summed E-state index contributed by atoms with van der Waals surface area (Å²) >= 11 is 0. The highest BCUT2D eigenvalue weighted by Crippen LogP contribution is 2.31. The minimum atomic E-state index is -1.02. The maximum Gasteiger partial charge on any atom is 0.121 e. The van der Waals surface area contributed by atoms with Gasteiger partial charge in [-0.3, -0.25) is 0 Å². The average Bonchev–Trinajstić information content (AvgIpc) is 2.57. The standard InChI is InChI=1S/C18H21NO2.ClH/c20-18(16-9-5-2-6-10-16,17-14-19-11-12-21-17)13-15-7-3-1-4-8-15;/h1-10,17,19-20H,11-14H2;1H. The predicted octanol–water partition coefficient (Wildman–Crippen LogP) is 2.53. The molecule has 118 valence electrons. The normalized spacial score (nSPS) is 20.7. The Bertz CT molecular complexity index is 558. The van der Waals surface area contributed by atoms with Gasteiger partial charge >= 0.3 is 0 Å². The fraction of sp³-hybridized carbons (Fsp3) is 0.333. The van der Waals surface area contributed by atoms with Crippen LogP contribution in [0.1, 0.15) is 11.1 Å². The molecule has 1 heterocycles. The van der Waals surface area contributed by atoms with Crippen LogP contribution in [0.25, 0.3) is 0 Å². The van der Waals surface area contributed by atoms with Gasteiger partial charge in [-0.1, -0.05) is 60.7 Å². The van der Waals surface area contributed by atoms with Gasteiger partial charge in [-0.05, 0) is 11.1 Å². The number of morpholine rings is 1. The van der Waals surface area contributed by atoms with Gasteiger partial charge in [-0.15, -0.1) is 12.4 Å². The second kappa shape index (κ2) is 7.75. The van der Waals surface area contributed by atoms with Gasteiger partial charge in [0, 0.05) is 19.5 Å². The van der Waals surface area contributed by atoms with Crippen molar-refractivity contribution in [1.29, 1.82) is 0 Å². The van der Waals surface area contributed by atoms with Crippen LogP contribution in [-0.4, -0.2) is 30.9 Å². The molecule has 0 aromatic heterocycles. The fourth-order valence-corrected chi connectivity index (χ4v) is 2.91. The lowest BCUT2D eigenvalue weighted by atomic mass is 9.82. The van der Waals surface area contributed by atoms with E-state index < -0.39 is 5.60 Å². The Morgan fingerprint density at radius 3 is 2.27 bits per heavy atom. The summed E-state index contributed by atoms with van der Waals surface area (Å²) in [6, 6.07) is 19.9. The van der Waals surface area contributed by atoms with E-state index in [0.29, 0.717) is 19.6 Å². The van der Waals surface area contributed by atoms with Crippen LogP contribution in [-0.2, 0) is 16.8 Å². The molecular weight excluding hydrogens is 298 g/mol. The molecule has 1 fully saturated rings. The van der Waals surface area contributed by atoms with Gasteiger partial charge in [0.1, 0.15) is 11.7 Å². The van der Waals surface area contributed by atoms with Crippen molar-refractivity contribution < 1.29 is 9.84 Å². The van der Waals surface area contributed by atoms with E-state index in [1.54, 1.807) is 0 Å². The molecule has 1 saturated heterocycles. The van der Waals surface area contributed by atoms with Crippen molar-refractivity contribution >= 4 is 12.4 Å². The number of hydrogen-bond acceptors (Lipinski definition) is 3. The lowest BCUT2D eigenvalue weighted by Crippen LogP contribution is -2.52. The first-order chi connectivity index (χ1) is 10.3. The molecule has 2 atom stereocenters. The molecule has 0 amide bonds. The molecule has 2 unspecified atom stereocenters. The molecule has 1 aliphatic rings. The monoisotopic (exact) mass is 319 g/mol. The number of aliphatic hydroxyl groups is 1. The van der Waals surface area contributed by atoms with Gasteiger partial charge in [-0.2, -0.15) is 0 Å². The lowest BCUT2D eigenvalue weighted by Gasteiger charge is -2.39. The van der Waals surface area contributed by atoms with Crippen LogP contribution in [0, 0.1) is 0 Å². The minimum absolute atomic E-state index is 0. The van der Waals surface area contributed by atoms with Gasteiger partial charge in [0.25, 0.3) is 0 Å². The molecule has 3 rings (SSSR count). The van der Waals surface area contributed by atoms with E-state index in [-0.39, 0.29) is 18.5 Å². The zero-order valence-corrected chi connectivity index (χ0v) is 13.3. The quantitative estimate of drug-likeness (QED) is 0.910. The third-order valence-electron chi connectivity index (χ3n) is 4.05. The molecule has 4 heteroatoms. The molecule has 3 nitrogen and oxygen atoms in total. The summed E-state index contributed by atoms with van der Waals surface area (Å²) in [5.41, 5.74) is 0.997. The summed E-state index contributed by atoms with van der Waals surface area (Å²) in [7, 11) is 0. The van der Waals surface area contributed by atoms with Crippen molar-refractivity contribution in [3.8, 4) is 0 Å². The molecule has 1 aliphatic heterocycles. The number of hydrogen-bond donors (Lipinski definition) is 2. The predicted molar refractivity (Wildman–Crippen MR) is 90.3 cm³/mol. The van der Waals surface area contributed by atoms with E-state index >= 15 is 0 Å². The summed E-state index contributed by atoms with van der Waals surface area (Å²) in [5.74, 6) is 0. The Kier molecular flexibility index (Phi) is 5.98. The van der Waals surface area contributed by atoms with E-state index in [0.717, 1.165) is 17.7 Å². The summed E-state index contributed by atoms with van der Waals surface area (Å²) in [5, 5.41) is 14.7. The maximum absolute atomic E-state index is 11.4. The highest BCUT2D eigenvalue weighted by atomic mass is 35.5. The van der Waals surface area contributed by atoms with Gasteiger partial charge in [0.15, 0.2) is 0 Å².